The van der Waals surface area contributed by atoms with Gasteiger partial charge in [-0.2, -0.15) is 0 Å². The van der Waals surface area contributed by atoms with Gasteiger partial charge in [0.15, 0.2) is 0 Å². The van der Waals surface area contributed by atoms with Gasteiger partial charge in [0.25, 0.3) is 5.91 Å². The summed E-state index contributed by atoms with van der Waals surface area (Å²) >= 11 is 5.95. The summed E-state index contributed by atoms with van der Waals surface area (Å²) in [6.07, 6.45) is 1.44. The first-order valence-corrected chi connectivity index (χ1v) is 12.3. The predicted molar refractivity (Wildman–Crippen MR) is 112 cm³/mol. The molecule has 1 amide bonds. The highest BCUT2D eigenvalue weighted by Crippen LogP contribution is 2.32. The third-order valence-corrected chi connectivity index (χ3v) is 6.93. The lowest BCUT2D eigenvalue weighted by atomic mass is 10.1. The molecule has 0 bridgehead atoms. The van der Waals surface area contributed by atoms with Crippen LogP contribution in [-0.2, 0) is 20.0 Å². The minimum atomic E-state index is -3.60. The fourth-order valence-electron chi connectivity index (χ4n) is 2.85. The molecule has 0 unspecified atom stereocenters. The van der Waals surface area contributed by atoms with E-state index in [-0.39, 0.29) is 33.5 Å². The van der Waals surface area contributed by atoms with Crippen molar-refractivity contribution in [2.24, 2.45) is 0 Å². The van der Waals surface area contributed by atoms with Gasteiger partial charge in [-0.15, -0.1) is 0 Å². The lowest BCUT2D eigenvalue weighted by molar-refractivity contribution is 0.102. The Bertz CT molecular complexity index is 1180. The number of aromatic hydroxyl groups is 1. The number of benzene rings is 2. The Hall–Kier alpha value is -2.50. The molecule has 1 saturated heterocycles. The first-order valence-electron chi connectivity index (χ1n) is 8.38. The second kappa shape index (κ2) is 7.73. The third-order valence-electron chi connectivity index (χ3n) is 4.14. The lowest BCUT2D eigenvalue weighted by Crippen LogP contribution is -2.25. The van der Waals surface area contributed by atoms with Crippen LogP contribution >= 0.6 is 11.6 Å². The maximum absolute atomic E-state index is 12.6. The summed E-state index contributed by atoms with van der Waals surface area (Å²) < 4.78 is 50.5. The Morgan fingerprint density at radius 3 is 2.52 bits per heavy atom. The highest BCUT2D eigenvalue weighted by molar-refractivity contribution is 7.93. The van der Waals surface area contributed by atoms with E-state index in [1.165, 1.54) is 40.7 Å². The van der Waals surface area contributed by atoms with Crippen LogP contribution in [0.2, 0.25) is 5.02 Å². The molecule has 12 heteroatoms. The van der Waals surface area contributed by atoms with Gasteiger partial charge in [-0.25, -0.2) is 16.8 Å². The van der Waals surface area contributed by atoms with Gasteiger partial charge in [-0.05, 0) is 42.8 Å². The van der Waals surface area contributed by atoms with Crippen LogP contribution in [0.15, 0.2) is 36.4 Å². The maximum Gasteiger partial charge on any atom is 0.255 e. The summed E-state index contributed by atoms with van der Waals surface area (Å²) in [4.78, 5) is 12.6. The smallest absolute Gasteiger partial charge is 0.255 e. The molecular weight excluding hydrogens is 442 g/mol. The average Bonchev–Trinajstić information content (AvgIpc) is 2.96. The van der Waals surface area contributed by atoms with E-state index < -0.39 is 26.0 Å². The van der Waals surface area contributed by atoms with E-state index in [9.17, 15) is 26.7 Å². The number of phenolic OH excluding ortho intramolecular Hbond substituents is 1. The van der Waals surface area contributed by atoms with E-state index in [2.05, 4.69) is 10.0 Å². The SMILES string of the molecule is CS(=O)(=O)Nc1cc(C(=O)Nc2cc(N3CCCS3(=O)=O)ccc2O)ccc1Cl. The summed E-state index contributed by atoms with van der Waals surface area (Å²) in [7, 11) is -7.02. The van der Waals surface area contributed by atoms with Crippen molar-refractivity contribution in [3.8, 4) is 5.75 Å². The van der Waals surface area contributed by atoms with Crippen LogP contribution in [0.4, 0.5) is 17.1 Å². The van der Waals surface area contributed by atoms with Gasteiger partial charge in [0.2, 0.25) is 20.0 Å². The number of rotatable bonds is 5. The van der Waals surface area contributed by atoms with E-state index >= 15 is 0 Å². The summed E-state index contributed by atoms with van der Waals surface area (Å²) in [6.45, 7) is 0.318. The molecule has 1 fully saturated rings. The van der Waals surface area contributed by atoms with Gasteiger partial charge in [0, 0.05) is 12.1 Å². The molecule has 0 atom stereocenters. The monoisotopic (exact) mass is 459 g/mol. The first-order chi connectivity index (χ1) is 13.5. The van der Waals surface area contributed by atoms with Crippen molar-refractivity contribution in [3.63, 3.8) is 0 Å². The Kier molecular flexibility index (Phi) is 5.65. The standard InChI is InChI=1S/C17H18ClN3O6S2/c1-28(24,25)20-14-9-11(3-5-13(14)18)17(23)19-15-10-12(4-6-16(15)22)21-7-2-8-29(21,26)27/h3-6,9-10,20,22H,2,7-8H2,1H3,(H,19,23). The van der Waals surface area contributed by atoms with Crippen LogP contribution in [0.5, 0.6) is 5.75 Å². The number of hydrogen-bond acceptors (Lipinski definition) is 6. The van der Waals surface area contributed by atoms with Crippen molar-refractivity contribution in [2.75, 3.05) is 32.9 Å². The van der Waals surface area contributed by atoms with Crippen molar-refractivity contribution in [3.05, 3.63) is 47.0 Å². The molecule has 9 nitrogen and oxygen atoms in total. The van der Waals surface area contributed by atoms with E-state index in [4.69, 9.17) is 11.6 Å². The number of halogens is 1. The van der Waals surface area contributed by atoms with Gasteiger partial charge < -0.3 is 10.4 Å². The Morgan fingerprint density at radius 1 is 1.17 bits per heavy atom. The zero-order valence-corrected chi connectivity index (χ0v) is 17.6. The fourth-order valence-corrected chi connectivity index (χ4v) is 5.19. The van der Waals surface area contributed by atoms with Crippen LogP contribution in [-0.4, -0.2) is 46.4 Å². The van der Waals surface area contributed by atoms with Crippen molar-refractivity contribution in [1.82, 2.24) is 0 Å². The molecule has 2 aromatic rings. The quantitative estimate of drug-likeness (QED) is 0.587. The number of phenols is 1. The number of hydrogen-bond donors (Lipinski definition) is 3. The Morgan fingerprint density at radius 2 is 1.90 bits per heavy atom. The topological polar surface area (TPSA) is 133 Å². The molecule has 29 heavy (non-hydrogen) atoms. The van der Waals surface area contributed by atoms with Gasteiger partial charge in [0.05, 0.1) is 34.1 Å². The molecule has 156 valence electrons. The zero-order chi connectivity index (χ0) is 21.4. The van der Waals surface area contributed by atoms with Crippen molar-refractivity contribution in [2.45, 2.75) is 6.42 Å². The molecule has 0 saturated carbocycles. The molecule has 0 aromatic heterocycles. The first kappa shape index (κ1) is 21.2. The van der Waals surface area contributed by atoms with Crippen molar-refractivity contribution >= 4 is 54.6 Å². The summed E-state index contributed by atoms with van der Waals surface area (Å²) in [6, 6.07) is 8.10. The highest BCUT2D eigenvalue weighted by atomic mass is 35.5. The van der Waals surface area contributed by atoms with Gasteiger partial charge in [0.1, 0.15) is 5.75 Å². The molecule has 3 rings (SSSR count). The van der Waals surface area contributed by atoms with E-state index in [0.717, 1.165) is 6.26 Å². The average molecular weight is 460 g/mol. The second-order valence-electron chi connectivity index (χ2n) is 6.47. The van der Waals surface area contributed by atoms with E-state index in [1.807, 2.05) is 0 Å². The summed E-state index contributed by atoms with van der Waals surface area (Å²) in [5.41, 5.74) is 0.454. The number of sulfonamides is 2. The molecule has 1 aliphatic heterocycles. The summed E-state index contributed by atoms with van der Waals surface area (Å²) in [5.74, 6) is -0.853. The van der Waals surface area contributed by atoms with Crippen LogP contribution in [0.1, 0.15) is 16.8 Å². The van der Waals surface area contributed by atoms with Gasteiger partial charge in [-0.3, -0.25) is 13.8 Å². The molecular formula is C17H18ClN3O6S2. The maximum atomic E-state index is 12.6. The Labute approximate surface area is 173 Å². The molecule has 3 N–H and O–H groups in total. The summed E-state index contributed by atoms with van der Waals surface area (Å²) in [5, 5.41) is 12.7. The van der Waals surface area contributed by atoms with E-state index in [1.54, 1.807) is 0 Å². The van der Waals surface area contributed by atoms with Crippen LogP contribution in [0.25, 0.3) is 0 Å². The van der Waals surface area contributed by atoms with Crippen LogP contribution in [0, 0.1) is 0 Å². The number of carbonyl (C=O) groups excluding carboxylic acids is 1. The number of carbonyl (C=O) groups is 1. The third kappa shape index (κ3) is 4.92. The zero-order valence-electron chi connectivity index (χ0n) is 15.2. The highest BCUT2D eigenvalue weighted by Gasteiger charge is 2.29. The largest absolute Gasteiger partial charge is 0.506 e. The van der Waals surface area contributed by atoms with Crippen LogP contribution < -0.4 is 14.3 Å². The Balaban J connectivity index is 1.88. The molecule has 2 aromatic carbocycles. The normalized spacial score (nSPS) is 15.9. The molecule has 1 aliphatic rings. The molecule has 1 heterocycles. The van der Waals surface area contributed by atoms with Crippen molar-refractivity contribution in [1.29, 1.82) is 0 Å². The van der Waals surface area contributed by atoms with E-state index in [0.29, 0.717) is 18.7 Å². The predicted octanol–water partition coefficient (Wildman–Crippen LogP) is 2.21. The lowest BCUT2D eigenvalue weighted by Gasteiger charge is -2.18. The number of nitrogens with zero attached hydrogens (tertiary/aromatic N) is 1. The molecule has 0 aliphatic carbocycles. The number of anilines is 3. The fraction of sp³-hybridized carbons (Fsp3) is 0.235. The minimum absolute atomic E-state index is 0.0159. The minimum Gasteiger partial charge on any atom is -0.506 e. The second-order valence-corrected chi connectivity index (χ2v) is 10.6. The number of nitrogens with one attached hydrogen (secondary N) is 2. The molecule has 0 spiro atoms. The van der Waals surface area contributed by atoms with Crippen LogP contribution in [0.3, 0.4) is 0 Å². The van der Waals surface area contributed by atoms with Gasteiger partial charge in [-0.1, -0.05) is 11.6 Å². The number of amides is 1. The van der Waals surface area contributed by atoms with Gasteiger partial charge >= 0.3 is 0 Å². The molecule has 0 radical (unpaired) electrons. The van der Waals surface area contributed by atoms with Crippen molar-refractivity contribution < 1.29 is 26.7 Å².